The first-order chi connectivity index (χ1) is 15.5. The Balaban J connectivity index is 1.59. The summed E-state index contributed by atoms with van der Waals surface area (Å²) in [6.07, 6.45) is 10.5. The van der Waals surface area contributed by atoms with Crippen molar-refractivity contribution in [2.75, 3.05) is 6.61 Å². The number of rotatable bonds is 7. The predicted molar refractivity (Wildman–Crippen MR) is 119 cm³/mol. The van der Waals surface area contributed by atoms with Crippen molar-refractivity contribution in [3.63, 3.8) is 0 Å². The first kappa shape index (κ1) is 22.9. The monoisotopic (exact) mass is 446 g/mol. The Morgan fingerprint density at radius 3 is 2.25 bits per heavy atom. The van der Waals surface area contributed by atoms with Gasteiger partial charge in [0.05, 0.1) is 6.61 Å². The van der Waals surface area contributed by atoms with Crippen LogP contribution in [0.3, 0.4) is 0 Å². The third kappa shape index (κ3) is 4.06. The number of benzene rings is 2. The maximum absolute atomic E-state index is 15.2. The van der Waals surface area contributed by atoms with Gasteiger partial charge >= 0.3 is 0 Å². The molecule has 0 radical (unpaired) electrons. The molecule has 0 spiro atoms. The minimum absolute atomic E-state index is 0.0165. The molecule has 1 nitrogen and oxygen atoms in total. The summed E-state index contributed by atoms with van der Waals surface area (Å²) in [5, 5.41) is 0. The van der Waals surface area contributed by atoms with Gasteiger partial charge in [0.15, 0.2) is 23.2 Å². The number of hydrogen-bond donors (Lipinski definition) is 0. The Morgan fingerprint density at radius 1 is 0.844 bits per heavy atom. The molecule has 4 atom stereocenters. The van der Waals surface area contributed by atoms with E-state index in [4.69, 9.17) is 4.74 Å². The zero-order chi connectivity index (χ0) is 22.8. The largest absolute Gasteiger partial charge is 0.491 e. The number of allylic oxidation sites excluding steroid dienone is 2. The lowest BCUT2D eigenvalue weighted by atomic mass is 9.83. The summed E-state index contributed by atoms with van der Waals surface area (Å²) in [5.41, 5.74) is -0.196. The minimum Gasteiger partial charge on any atom is -0.491 e. The van der Waals surface area contributed by atoms with Gasteiger partial charge in [-0.15, -0.1) is 0 Å². The molecule has 5 heteroatoms. The van der Waals surface area contributed by atoms with E-state index in [1.165, 1.54) is 18.2 Å². The van der Waals surface area contributed by atoms with Gasteiger partial charge in [0.25, 0.3) is 0 Å². The normalized spacial score (nSPS) is 24.9. The van der Waals surface area contributed by atoms with Crippen molar-refractivity contribution in [1.82, 2.24) is 0 Å². The second-order valence-electron chi connectivity index (χ2n) is 9.00. The van der Waals surface area contributed by atoms with Crippen LogP contribution in [0.15, 0.2) is 36.4 Å². The van der Waals surface area contributed by atoms with Crippen LogP contribution in [0, 0.1) is 41.0 Å². The molecule has 0 heterocycles. The summed E-state index contributed by atoms with van der Waals surface area (Å²) in [5.74, 6) is -3.16. The molecular weight excluding hydrogens is 416 g/mol. The van der Waals surface area contributed by atoms with E-state index >= 15 is 8.78 Å². The number of ether oxygens (including phenoxy) is 1. The van der Waals surface area contributed by atoms with E-state index < -0.39 is 23.3 Å². The van der Waals surface area contributed by atoms with Crippen molar-refractivity contribution >= 4 is 0 Å². The molecule has 2 saturated carbocycles. The molecule has 2 aromatic rings. The van der Waals surface area contributed by atoms with E-state index in [9.17, 15) is 8.78 Å². The van der Waals surface area contributed by atoms with Crippen LogP contribution in [-0.4, -0.2) is 6.61 Å². The van der Waals surface area contributed by atoms with Crippen LogP contribution >= 0.6 is 0 Å². The average Bonchev–Trinajstić information content (AvgIpc) is 3.37. The van der Waals surface area contributed by atoms with Crippen LogP contribution in [0.2, 0.25) is 0 Å². The highest BCUT2D eigenvalue weighted by molar-refractivity contribution is 5.67. The molecule has 2 aliphatic carbocycles. The molecule has 2 fully saturated rings. The highest BCUT2D eigenvalue weighted by Crippen LogP contribution is 2.56. The van der Waals surface area contributed by atoms with Crippen molar-refractivity contribution < 1.29 is 22.3 Å². The topological polar surface area (TPSA) is 9.23 Å². The first-order valence-electron chi connectivity index (χ1n) is 11.7. The summed E-state index contributed by atoms with van der Waals surface area (Å²) in [6.45, 7) is 3.85. The highest BCUT2D eigenvalue weighted by atomic mass is 19.2. The zero-order valence-electron chi connectivity index (χ0n) is 18.6. The second-order valence-corrected chi connectivity index (χ2v) is 9.00. The summed E-state index contributed by atoms with van der Waals surface area (Å²) in [4.78, 5) is 0. The molecule has 0 amide bonds. The fraction of sp³-hybridized carbons (Fsp3) is 0.481. The molecule has 2 aromatic carbocycles. The van der Waals surface area contributed by atoms with Gasteiger partial charge < -0.3 is 4.74 Å². The van der Waals surface area contributed by atoms with E-state index in [0.717, 1.165) is 38.5 Å². The Kier molecular flexibility index (Phi) is 6.92. The number of fused-ring (bicyclic) bond motifs is 1. The van der Waals surface area contributed by atoms with Gasteiger partial charge in [-0.3, -0.25) is 0 Å². The lowest BCUT2D eigenvalue weighted by Gasteiger charge is -2.22. The van der Waals surface area contributed by atoms with Gasteiger partial charge in [-0.25, -0.2) is 13.2 Å². The van der Waals surface area contributed by atoms with Gasteiger partial charge in [-0.2, -0.15) is 4.39 Å². The summed E-state index contributed by atoms with van der Waals surface area (Å²) < 4.78 is 64.2. The molecule has 4 unspecified atom stereocenters. The number of hydrogen-bond acceptors (Lipinski definition) is 1. The van der Waals surface area contributed by atoms with Crippen LogP contribution in [0.5, 0.6) is 5.75 Å². The van der Waals surface area contributed by atoms with Gasteiger partial charge in [-0.05, 0) is 93.7 Å². The highest BCUT2D eigenvalue weighted by Gasteiger charge is 2.45. The first-order valence-corrected chi connectivity index (χ1v) is 11.7. The van der Waals surface area contributed by atoms with Crippen molar-refractivity contribution in [2.45, 2.75) is 58.3 Å². The molecular formula is C27H30F4O. The van der Waals surface area contributed by atoms with E-state index in [0.29, 0.717) is 23.3 Å². The molecule has 0 saturated heterocycles. The molecule has 0 aromatic heterocycles. The van der Waals surface area contributed by atoms with Gasteiger partial charge in [0, 0.05) is 11.1 Å². The molecule has 172 valence electrons. The van der Waals surface area contributed by atoms with Crippen molar-refractivity contribution in [2.24, 2.45) is 17.8 Å². The predicted octanol–water partition coefficient (Wildman–Crippen LogP) is 8.18. The quantitative estimate of drug-likeness (QED) is 0.308. The average molecular weight is 447 g/mol. The third-order valence-electron chi connectivity index (χ3n) is 7.44. The van der Waals surface area contributed by atoms with Crippen LogP contribution in [0.4, 0.5) is 17.6 Å². The van der Waals surface area contributed by atoms with E-state index in [2.05, 4.69) is 12.2 Å². The lowest BCUT2D eigenvalue weighted by Crippen LogP contribution is -2.13. The van der Waals surface area contributed by atoms with Gasteiger partial charge in [0.2, 0.25) is 5.82 Å². The SMILES string of the molecule is C/C=C/CCC1CCC2C(c3ccc(-c4ccc(OCC)c(F)c4F)c(F)c3F)CCC12. The fourth-order valence-corrected chi connectivity index (χ4v) is 6.01. The molecule has 0 aliphatic heterocycles. The van der Waals surface area contributed by atoms with Crippen LogP contribution < -0.4 is 4.74 Å². The molecule has 0 N–H and O–H groups in total. The Bertz CT molecular complexity index is 1000. The third-order valence-corrected chi connectivity index (χ3v) is 7.44. The van der Waals surface area contributed by atoms with Crippen LogP contribution in [0.25, 0.3) is 11.1 Å². The van der Waals surface area contributed by atoms with Gasteiger partial charge in [0.1, 0.15) is 0 Å². The molecule has 32 heavy (non-hydrogen) atoms. The summed E-state index contributed by atoms with van der Waals surface area (Å²) >= 11 is 0. The van der Waals surface area contributed by atoms with E-state index in [-0.39, 0.29) is 29.4 Å². The molecule has 2 aliphatic rings. The van der Waals surface area contributed by atoms with Crippen molar-refractivity contribution in [1.29, 1.82) is 0 Å². The Hall–Kier alpha value is -2.30. The van der Waals surface area contributed by atoms with E-state index in [1.807, 2.05) is 6.92 Å². The van der Waals surface area contributed by atoms with Gasteiger partial charge in [-0.1, -0.05) is 24.3 Å². The zero-order valence-corrected chi connectivity index (χ0v) is 18.6. The standard InChI is InChI=1S/C27H30F4O/c1-3-5-6-7-16-8-9-18-17(16)10-11-19(18)20-12-13-21(25(29)24(20)28)22-14-15-23(32-4-2)27(31)26(22)30/h3,5,12-19H,4,6-11H2,1-2H3/b5-3+. The van der Waals surface area contributed by atoms with Crippen LogP contribution in [-0.2, 0) is 0 Å². The molecule has 0 bridgehead atoms. The smallest absolute Gasteiger partial charge is 0.201 e. The Morgan fingerprint density at radius 2 is 1.53 bits per heavy atom. The van der Waals surface area contributed by atoms with Crippen LogP contribution in [0.1, 0.15) is 63.9 Å². The maximum Gasteiger partial charge on any atom is 0.201 e. The molecule has 4 rings (SSSR count). The maximum atomic E-state index is 15.2. The minimum atomic E-state index is -1.23. The fourth-order valence-electron chi connectivity index (χ4n) is 6.01. The number of halogens is 4. The lowest BCUT2D eigenvalue weighted by molar-refractivity contribution is 0.314. The van der Waals surface area contributed by atoms with Crippen molar-refractivity contribution in [3.8, 4) is 16.9 Å². The Labute approximate surface area is 187 Å². The summed E-state index contributed by atoms with van der Waals surface area (Å²) in [6, 6.07) is 5.44. The summed E-state index contributed by atoms with van der Waals surface area (Å²) in [7, 11) is 0. The van der Waals surface area contributed by atoms with E-state index in [1.54, 1.807) is 13.0 Å². The van der Waals surface area contributed by atoms with Crippen molar-refractivity contribution in [3.05, 3.63) is 65.2 Å². The second kappa shape index (κ2) is 9.68.